The fraction of sp³-hybridized carbons (Fsp3) is 0.250. The Kier molecular flexibility index (Phi) is 3.88. The van der Waals surface area contributed by atoms with E-state index in [1.54, 1.807) is 0 Å². The van der Waals surface area contributed by atoms with Crippen molar-refractivity contribution in [3.05, 3.63) is 66.6 Å². The van der Waals surface area contributed by atoms with Crippen molar-refractivity contribution in [3.63, 3.8) is 0 Å². The Bertz CT molecular complexity index is 473. The summed E-state index contributed by atoms with van der Waals surface area (Å²) in [6.07, 6.45) is 3.90. The third kappa shape index (κ3) is 2.83. The molecule has 1 unspecified atom stereocenters. The van der Waals surface area contributed by atoms with Crippen molar-refractivity contribution in [1.29, 1.82) is 0 Å². The molecule has 0 aromatic heterocycles. The topological polar surface area (TPSA) is 21.3 Å². The molecule has 0 bridgehead atoms. The number of para-hydroxylation sites is 1. The van der Waals surface area contributed by atoms with Gasteiger partial charge in [0, 0.05) is 17.3 Å². The second-order valence-electron chi connectivity index (χ2n) is 4.52. The summed E-state index contributed by atoms with van der Waals surface area (Å²) in [5.74, 6) is 1.52. The molecular formula is C16H19NO. The van der Waals surface area contributed by atoms with Gasteiger partial charge in [0.05, 0.1) is 0 Å². The fourth-order valence-corrected chi connectivity index (χ4v) is 2.08. The molecule has 94 valence electrons. The molecule has 0 radical (unpaired) electrons. The maximum Gasteiger partial charge on any atom is 0.127 e. The maximum atomic E-state index is 5.78. The Hall–Kier alpha value is -1.96. The van der Waals surface area contributed by atoms with Crippen LogP contribution in [-0.2, 0) is 0 Å². The molecule has 0 saturated heterocycles. The van der Waals surface area contributed by atoms with Crippen LogP contribution in [0.15, 0.2) is 66.6 Å². The smallest absolute Gasteiger partial charge is 0.127 e. The average Bonchev–Trinajstić information content (AvgIpc) is 2.39. The van der Waals surface area contributed by atoms with Crippen LogP contribution in [0.3, 0.4) is 0 Å². The standard InChI is InChI=1S/C16H19NO/c1-4-16-15(11-10-12(2)17-16)13(3)18-14-8-6-5-7-9-14/h4-9,12,17H,1,3,10-11H2,2H3. The molecule has 2 heteroatoms. The van der Waals surface area contributed by atoms with E-state index < -0.39 is 0 Å². The zero-order chi connectivity index (χ0) is 13.0. The van der Waals surface area contributed by atoms with Crippen molar-refractivity contribution >= 4 is 0 Å². The third-order valence-corrected chi connectivity index (χ3v) is 3.08. The molecule has 0 aliphatic carbocycles. The Morgan fingerprint density at radius 3 is 2.78 bits per heavy atom. The van der Waals surface area contributed by atoms with Crippen molar-refractivity contribution in [2.75, 3.05) is 0 Å². The van der Waals surface area contributed by atoms with E-state index in [9.17, 15) is 0 Å². The quantitative estimate of drug-likeness (QED) is 0.810. The highest BCUT2D eigenvalue weighted by Gasteiger charge is 2.18. The van der Waals surface area contributed by atoms with Crippen LogP contribution < -0.4 is 10.1 Å². The van der Waals surface area contributed by atoms with E-state index in [2.05, 4.69) is 25.4 Å². The summed E-state index contributed by atoms with van der Waals surface area (Å²) >= 11 is 0. The van der Waals surface area contributed by atoms with Crippen molar-refractivity contribution < 1.29 is 4.74 Å². The molecule has 2 rings (SSSR count). The lowest BCUT2D eigenvalue weighted by Gasteiger charge is -2.26. The summed E-state index contributed by atoms with van der Waals surface area (Å²) in [4.78, 5) is 0. The van der Waals surface area contributed by atoms with Gasteiger partial charge in [0.1, 0.15) is 11.5 Å². The minimum Gasteiger partial charge on any atom is -0.458 e. The van der Waals surface area contributed by atoms with Crippen LogP contribution in [-0.4, -0.2) is 6.04 Å². The van der Waals surface area contributed by atoms with E-state index in [1.807, 2.05) is 36.4 Å². The average molecular weight is 241 g/mol. The molecule has 1 aliphatic rings. The van der Waals surface area contributed by atoms with Gasteiger partial charge in [-0.1, -0.05) is 31.4 Å². The van der Waals surface area contributed by atoms with Crippen LogP contribution in [0.1, 0.15) is 19.8 Å². The molecule has 1 aliphatic heterocycles. The van der Waals surface area contributed by atoms with E-state index in [-0.39, 0.29) is 0 Å². The lowest BCUT2D eigenvalue weighted by molar-refractivity contribution is 0.419. The van der Waals surface area contributed by atoms with Gasteiger partial charge in [0.15, 0.2) is 0 Å². The zero-order valence-corrected chi connectivity index (χ0v) is 10.8. The monoisotopic (exact) mass is 241 g/mol. The van der Waals surface area contributed by atoms with Crippen molar-refractivity contribution in [2.45, 2.75) is 25.8 Å². The first-order valence-corrected chi connectivity index (χ1v) is 6.25. The lowest BCUT2D eigenvalue weighted by atomic mass is 9.98. The normalized spacial score (nSPS) is 19.1. The van der Waals surface area contributed by atoms with E-state index in [4.69, 9.17) is 4.74 Å². The minimum absolute atomic E-state index is 0.478. The largest absolute Gasteiger partial charge is 0.458 e. The van der Waals surface area contributed by atoms with Gasteiger partial charge in [-0.2, -0.15) is 0 Å². The first-order valence-electron chi connectivity index (χ1n) is 6.25. The van der Waals surface area contributed by atoms with E-state index in [0.29, 0.717) is 11.8 Å². The lowest BCUT2D eigenvalue weighted by Crippen LogP contribution is -2.30. The molecule has 1 aromatic carbocycles. The molecule has 1 aromatic rings. The van der Waals surface area contributed by atoms with Gasteiger partial charge >= 0.3 is 0 Å². The number of nitrogens with one attached hydrogen (secondary N) is 1. The molecule has 0 amide bonds. The number of hydrogen-bond acceptors (Lipinski definition) is 2. The molecule has 1 N–H and O–H groups in total. The number of allylic oxidation sites excluding steroid dienone is 2. The van der Waals surface area contributed by atoms with Gasteiger partial charge < -0.3 is 10.1 Å². The zero-order valence-electron chi connectivity index (χ0n) is 10.8. The van der Waals surface area contributed by atoms with Gasteiger partial charge in [-0.3, -0.25) is 0 Å². The highest BCUT2D eigenvalue weighted by Crippen LogP contribution is 2.26. The molecular weight excluding hydrogens is 222 g/mol. The molecule has 0 spiro atoms. The highest BCUT2D eigenvalue weighted by molar-refractivity contribution is 5.38. The molecule has 2 nitrogen and oxygen atoms in total. The van der Waals surface area contributed by atoms with Crippen molar-refractivity contribution in [2.24, 2.45) is 0 Å². The van der Waals surface area contributed by atoms with E-state index >= 15 is 0 Å². The summed E-state index contributed by atoms with van der Waals surface area (Å²) in [6, 6.07) is 10.2. The molecule has 0 saturated carbocycles. The van der Waals surface area contributed by atoms with Crippen LogP contribution in [0.5, 0.6) is 5.75 Å². The Morgan fingerprint density at radius 2 is 2.11 bits per heavy atom. The van der Waals surface area contributed by atoms with Crippen LogP contribution >= 0.6 is 0 Å². The van der Waals surface area contributed by atoms with Gasteiger partial charge in [0.2, 0.25) is 0 Å². The maximum absolute atomic E-state index is 5.78. The first-order chi connectivity index (χ1) is 8.70. The summed E-state index contributed by atoms with van der Waals surface area (Å²) < 4.78 is 5.78. The Morgan fingerprint density at radius 1 is 1.39 bits per heavy atom. The van der Waals surface area contributed by atoms with Crippen LogP contribution in [0.4, 0.5) is 0 Å². The van der Waals surface area contributed by atoms with E-state index in [0.717, 1.165) is 29.9 Å². The van der Waals surface area contributed by atoms with Crippen LogP contribution in [0.25, 0.3) is 0 Å². The summed E-state index contributed by atoms with van der Waals surface area (Å²) in [7, 11) is 0. The van der Waals surface area contributed by atoms with Crippen LogP contribution in [0.2, 0.25) is 0 Å². The number of hydrogen-bond donors (Lipinski definition) is 1. The second kappa shape index (κ2) is 5.58. The predicted molar refractivity (Wildman–Crippen MR) is 75.3 cm³/mol. The molecule has 1 atom stereocenters. The third-order valence-electron chi connectivity index (χ3n) is 3.08. The SMILES string of the molecule is C=CC1=C(C(=C)Oc2ccccc2)CCC(C)N1. The Labute approximate surface area is 109 Å². The second-order valence-corrected chi connectivity index (χ2v) is 4.52. The highest BCUT2D eigenvalue weighted by atomic mass is 16.5. The first kappa shape index (κ1) is 12.5. The van der Waals surface area contributed by atoms with E-state index in [1.165, 1.54) is 0 Å². The van der Waals surface area contributed by atoms with Gasteiger partial charge in [-0.05, 0) is 38.0 Å². The van der Waals surface area contributed by atoms with Crippen LogP contribution in [0, 0.1) is 0 Å². The van der Waals surface area contributed by atoms with Gasteiger partial charge in [-0.15, -0.1) is 0 Å². The number of rotatable bonds is 4. The Balaban J connectivity index is 2.15. The predicted octanol–water partition coefficient (Wildman–Crippen LogP) is 3.79. The van der Waals surface area contributed by atoms with Crippen molar-refractivity contribution in [3.8, 4) is 5.75 Å². The van der Waals surface area contributed by atoms with Gasteiger partial charge in [0.25, 0.3) is 0 Å². The number of ether oxygens (including phenoxy) is 1. The summed E-state index contributed by atoms with van der Waals surface area (Å²) in [6.45, 7) is 10.0. The fourth-order valence-electron chi connectivity index (χ4n) is 2.08. The molecule has 0 fully saturated rings. The van der Waals surface area contributed by atoms with Crippen molar-refractivity contribution in [1.82, 2.24) is 5.32 Å². The summed E-state index contributed by atoms with van der Waals surface area (Å²) in [5, 5.41) is 3.40. The van der Waals surface area contributed by atoms with Gasteiger partial charge in [-0.25, -0.2) is 0 Å². The molecule has 1 heterocycles. The summed E-state index contributed by atoms with van der Waals surface area (Å²) in [5.41, 5.74) is 2.15. The number of benzene rings is 1. The molecule has 18 heavy (non-hydrogen) atoms. The minimum atomic E-state index is 0.478.